The van der Waals surface area contributed by atoms with Crippen LogP contribution >= 0.6 is 0 Å². The van der Waals surface area contributed by atoms with Gasteiger partial charge in [0.05, 0.1) is 5.69 Å². The van der Waals surface area contributed by atoms with Crippen LogP contribution in [0.4, 0.5) is 10.1 Å². The second-order valence-electron chi connectivity index (χ2n) is 5.93. The second kappa shape index (κ2) is 7.75. The lowest BCUT2D eigenvalue weighted by Gasteiger charge is -2.07. The summed E-state index contributed by atoms with van der Waals surface area (Å²) in [6.45, 7) is 4.36. The van der Waals surface area contributed by atoms with E-state index in [0.717, 1.165) is 11.3 Å². The Morgan fingerprint density at radius 3 is 2.44 bits per heavy atom. The molecule has 0 aliphatic heterocycles. The highest BCUT2D eigenvalue weighted by Crippen LogP contribution is 2.21. The number of nitrogens with zero attached hydrogens (tertiary/aromatic N) is 1. The number of halogens is 1. The molecule has 3 aromatic carbocycles. The molecular weight excluding hydrogens is 313 g/mol. The van der Waals surface area contributed by atoms with Gasteiger partial charge in [0, 0.05) is 11.8 Å². The van der Waals surface area contributed by atoms with E-state index in [-0.39, 0.29) is 12.4 Å². The number of benzene rings is 3. The van der Waals surface area contributed by atoms with Gasteiger partial charge in [-0.2, -0.15) is 0 Å². The van der Waals surface area contributed by atoms with Crippen molar-refractivity contribution < 1.29 is 9.13 Å². The summed E-state index contributed by atoms with van der Waals surface area (Å²) in [6, 6.07) is 20.3. The summed E-state index contributed by atoms with van der Waals surface area (Å²) in [4.78, 5) is 4.56. The van der Waals surface area contributed by atoms with Gasteiger partial charge in [0.25, 0.3) is 0 Å². The molecule has 3 rings (SSSR count). The Balaban J connectivity index is 1.65. The number of rotatable bonds is 5. The molecule has 0 aliphatic rings. The van der Waals surface area contributed by atoms with Crippen molar-refractivity contribution in [2.24, 2.45) is 4.99 Å². The van der Waals surface area contributed by atoms with Crippen LogP contribution in [-0.2, 0) is 6.61 Å². The van der Waals surface area contributed by atoms with E-state index in [2.05, 4.69) is 24.9 Å². The average molecular weight is 333 g/mol. The fourth-order valence-corrected chi connectivity index (χ4v) is 2.45. The summed E-state index contributed by atoms with van der Waals surface area (Å²) in [6.07, 6.45) is 1.84. The highest BCUT2D eigenvalue weighted by molar-refractivity contribution is 5.82. The van der Waals surface area contributed by atoms with Crippen LogP contribution in [-0.4, -0.2) is 6.21 Å². The molecule has 3 heteroatoms. The lowest BCUT2D eigenvalue weighted by Crippen LogP contribution is -1.98. The molecule has 0 spiro atoms. The average Bonchev–Trinajstić information content (AvgIpc) is 2.63. The standard InChI is InChI=1S/C22H20FNO/c1-16-6-5-9-22(17(16)2)24-14-18-10-12-20(13-11-18)25-15-19-7-3-4-8-21(19)23/h3-14H,15H2,1-2H3. The zero-order valence-electron chi connectivity index (χ0n) is 14.4. The van der Waals surface area contributed by atoms with Crippen molar-refractivity contribution >= 4 is 11.9 Å². The fraction of sp³-hybridized carbons (Fsp3) is 0.136. The summed E-state index contributed by atoms with van der Waals surface area (Å²) >= 11 is 0. The number of aliphatic imine (C=N–C) groups is 1. The number of hydrogen-bond donors (Lipinski definition) is 0. The predicted molar refractivity (Wildman–Crippen MR) is 100 cm³/mol. The van der Waals surface area contributed by atoms with Crippen molar-refractivity contribution in [1.82, 2.24) is 0 Å². The SMILES string of the molecule is Cc1cccc(N=Cc2ccc(OCc3ccccc3F)cc2)c1C. The molecule has 126 valence electrons. The van der Waals surface area contributed by atoms with Gasteiger partial charge in [-0.15, -0.1) is 0 Å². The largest absolute Gasteiger partial charge is 0.489 e. The van der Waals surface area contributed by atoms with E-state index in [1.807, 2.05) is 42.6 Å². The van der Waals surface area contributed by atoms with Crippen molar-refractivity contribution in [2.45, 2.75) is 20.5 Å². The van der Waals surface area contributed by atoms with Crippen molar-refractivity contribution in [3.8, 4) is 5.75 Å². The first-order valence-electron chi connectivity index (χ1n) is 8.20. The zero-order valence-corrected chi connectivity index (χ0v) is 14.4. The molecule has 0 radical (unpaired) electrons. The predicted octanol–water partition coefficient (Wildman–Crippen LogP) is 5.77. The van der Waals surface area contributed by atoms with E-state index in [1.165, 1.54) is 17.2 Å². The quantitative estimate of drug-likeness (QED) is 0.543. The maximum Gasteiger partial charge on any atom is 0.129 e. The Labute approximate surface area is 147 Å². The van der Waals surface area contributed by atoms with Crippen LogP contribution in [0.1, 0.15) is 22.3 Å². The van der Waals surface area contributed by atoms with Crippen molar-refractivity contribution in [1.29, 1.82) is 0 Å². The molecule has 0 N–H and O–H groups in total. The Kier molecular flexibility index (Phi) is 5.24. The minimum atomic E-state index is -0.250. The minimum absolute atomic E-state index is 0.211. The van der Waals surface area contributed by atoms with Gasteiger partial charge < -0.3 is 4.74 Å². The van der Waals surface area contributed by atoms with Gasteiger partial charge in [0.15, 0.2) is 0 Å². The molecule has 0 atom stereocenters. The Morgan fingerprint density at radius 1 is 0.920 bits per heavy atom. The van der Waals surface area contributed by atoms with Gasteiger partial charge in [0.2, 0.25) is 0 Å². The molecule has 0 aliphatic carbocycles. The fourth-order valence-electron chi connectivity index (χ4n) is 2.45. The Morgan fingerprint density at radius 2 is 1.68 bits per heavy atom. The van der Waals surface area contributed by atoms with Gasteiger partial charge in [-0.05, 0) is 66.9 Å². The van der Waals surface area contributed by atoms with E-state index >= 15 is 0 Å². The van der Waals surface area contributed by atoms with Gasteiger partial charge >= 0.3 is 0 Å². The van der Waals surface area contributed by atoms with Crippen LogP contribution in [0.15, 0.2) is 71.7 Å². The van der Waals surface area contributed by atoms with Crippen molar-refractivity contribution in [3.63, 3.8) is 0 Å². The normalized spacial score (nSPS) is 11.0. The maximum absolute atomic E-state index is 13.6. The Hall–Kier alpha value is -2.94. The third-order valence-corrected chi connectivity index (χ3v) is 4.16. The Bertz CT molecular complexity index is 885. The molecule has 0 amide bonds. The molecule has 0 saturated carbocycles. The monoisotopic (exact) mass is 333 g/mol. The molecular formula is C22H20FNO. The molecule has 0 saturated heterocycles. The molecule has 0 aromatic heterocycles. The van der Waals surface area contributed by atoms with E-state index in [4.69, 9.17) is 4.74 Å². The van der Waals surface area contributed by atoms with Gasteiger partial charge in [0.1, 0.15) is 18.2 Å². The lowest BCUT2D eigenvalue weighted by molar-refractivity contribution is 0.300. The van der Waals surface area contributed by atoms with Crippen LogP contribution < -0.4 is 4.74 Å². The first-order chi connectivity index (χ1) is 12.1. The molecule has 0 heterocycles. The zero-order chi connectivity index (χ0) is 17.6. The summed E-state index contributed by atoms with van der Waals surface area (Å²) in [7, 11) is 0. The highest BCUT2D eigenvalue weighted by Gasteiger charge is 2.02. The first kappa shape index (κ1) is 16.9. The van der Waals surface area contributed by atoms with Gasteiger partial charge in [-0.25, -0.2) is 4.39 Å². The van der Waals surface area contributed by atoms with Crippen molar-refractivity contribution in [2.75, 3.05) is 0 Å². The first-order valence-corrected chi connectivity index (χ1v) is 8.20. The van der Waals surface area contributed by atoms with Crippen molar-refractivity contribution in [3.05, 3.63) is 94.8 Å². The van der Waals surface area contributed by atoms with Gasteiger partial charge in [-0.1, -0.05) is 30.3 Å². The molecule has 0 unspecified atom stereocenters. The van der Waals surface area contributed by atoms with E-state index in [9.17, 15) is 4.39 Å². The van der Waals surface area contributed by atoms with E-state index < -0.39 is 0 Å². The highest BCUT2D eigenvalue weighted by atomic mass is 19.1. The summed E-state index contributed by atoms with van der Waals surface area (Å²) in [5, 5.41) is 0. The van der Waals surface area contributed by atoms with E-state index in [1.54, 1.807) is 18.2 Å². The molecule has 0 bridgehead atoms. The number of ether oxygens (including phenoxy) is 1. The maximum atomic E-state index is 13.6. The summed E-state index contributed by atoms with van der Waals surface area (Å²) in [5.74, 6) is 0.451. The van der Waals surface area contributed by atoms with E-state index in [0.29, 0.717) is 11.3 Å². The van der Waals surface area contributed by atoms with Crippen LogP contribution in [0.3, 0.4) is 0 Å². The smallest absolute Gasteiger partial charge is 0.129 e. The number of aryl methyl sites for hydroxylation is 1. The van der Waals surface area contributed by atoms with Crippen LogP contribution in [0, 0.1) is 19.7 Å². The molecule has 25 heavy (non-hydrogen) atoms. The third-order valence-electron chi connectivity index (χ3n) is 4.16. The lowest BCUT2D eigenvalue weighted by atomic mass is 10.1. The second-order valence-corrected chi connectivity index (χ2v) is 5.93. The van der Waals surface area contributed by atoms with Crippen LogP contribution in [0.5, 0.6) is 5.75 Å². The molecule has 2 nitrogen and oxygen atoms in total. The summed E-state index contributed by atoms with van der Waals surface area (Å²) < 4.78 is 19.2. The number of hydrogen-bond acceptors (Lipinski definition) is 2. The van der Waals surface area contributed by atoms with Crippen LogP contribution in [0.2, 0.25) is 0 Å². The topological polar surface area (TPSA) is 21.6 Å². The molecule has 3 aromatic rings. The molecule has 0 fully saturated rings. The third kappa shape index (κ3) is 4.32. The van der Waals surface area contributed by atoms with Crippen LogP contribution in [0.25, 0.3) is 0 Å². The van der Waals surface area contributed by atoms with Gasteiger partial charge in [-0.3, -0.25) is 4.99 Å². The minimum Gasteiger partial charge on any atom is -0.489 e. The summed E-state index contributed by atoms with van der Waals surface area (Å²) in [5.41, 5.74) is 4.91.